The first-order valence-corrected chi connectivity index (χ1v) is 15.3. The Bertz CT molecular complexity index is 1740. The number of ether oxygens (including phenoxy) is 5. The summed E-state index contributed by atoms with van der Waals surface area (Å²) in [4.78, 5) is 43.9. The van der Waals surface area contributed by atoms with Gasteiger partial charge in [0.1, 0.15) is 5.75 Å². The molecule has 10 nitrogen and oxygen atoms in total. The predicted molar refractivity (Wildman–Crippen MR) is 165 cm³/mol. The molecule has 3 aromatic rings. The Morgan fingerprint density at radius 3 is 2.44 bits per heavy atom. The number of carbonyl (C=O) groups excluding carboxylic acids is 2. The SMILES string of the molecule is CCOC(=O)COc1ccc(/C=c2\sc3n(c2=O)[C@H](c2ccc(OC(C)C)c(OC)c2)C(C(=O)OCC)=C(C)N=3)cc1Br. The van der Waals surface area contributed by atoms with Crippen LogP contribution in [0.25, 0.3) is 6.08 Å². The molecule has 2 heterocycles. The summed E-state index contributed by atoms with van der Waals surface area (Å²) >= 11 is 4.69. The molecule has 0 fully saturated rings. The number of methoxy groups -OCH3 is 1. The molecule has 0 N–H and O–H groups in total. The van der Waals surface area contributed by atoms with E-state index in [1.807, 2.05) is 19.9 Å². The smallest absolute Gasteiger partial charge is 0.344 e. The fraction of sp³-hybridized carbons (Fsp3) is 0.355. The zero-order valence-corrected chi connectivity index (χ0v) is 27.2. The van der Waals surface area contributed by atoms with E-state index in [-0.39, 0.29) is 37.1 Å². The minimum Gasteiger partial charge on any atom is -0.493 e. The Balaban J connectivity index is 1.80. The standard InChI is InChI=1S/C31H33BrN2O8S/c1-7-39-26(35)16-41-22-11-9-19(13-21(22)32)14-25-29(36)34-28(20-10-12-23(42-17(3)4)24(15-20)38-6)27(30(37)40-8-2)18(5)33-31(34)43-25/h9-15,17,28H,7-8,16H2,1-6H3/b25-14-/t28-/m1/s1. The summed E-state index contributed by atoms with van der Waals surface area (Å²) in [6, 6.07) is 9.80. The lowest BCUT2D eigenvalue weighted by molar-refractivity contribution is -0.145. The molecular weight excluding hydrogens is 640 g/mol. The van der Waals surface area contributed by atoms with E-state index in [1.54, 1.807) is 57.2 Å². The third kappa shape index (κ3) is 7.19. The highest BCUT2D eigenvalue weighted by Gasteiger charge is 2.34. The Labute approximate surface area is 261 Å². The van der Waals surface area contributed by atoms with Gasteiger partial charge in [0.25, 0.3) is 5.56 Å². The van der Waals surface area contributed by atoms with Crippen molar-refractivity contribution < 1.29 is 33.3 Å². The molecule has 1 atom stereocenters. The van der Waals surface area contributed by atoms with E-state index in [4.69, 9.17) is 23.7 Å². The number of carbonyl (C=O) groups is 2. The van der Waals surface area contributed by atoms with Crippen molar-refractivity contribution >= 4 is 45.3 Å². The van der Waals surface area contributed by atoms with E-state index in [0.717, 1.165) is 5.56 Å². The van der Waals surface area contributed by atoms with Gasteiger partial charge in [-0.25, -0.2) is 14.6 Å². The molecule has 0 radical (unpaired) electrons. The van der Waals surface area contributed by atoms with Crippen molar-refractivity contribution in [2.75, 3.05) is 26.9 Å². The van der Waals surface area contributed by atoms with E-state index >= 15 is 0 Å². The fourth-order valence-corrected chi connectivity index (χ4v) is 6.08. The van der Waals surface area contributed by atoms with Crippen LogP contribution in [-0.4, -0.2) is 49.5 Å². The van der Waals surface area contributed by atoms with E-state index in [2.05, 4.69) is 20.9 Å². The van der Waals surface area contributed by atoms with Gasteiger partial charge >= 0.3 is 11.9 Å². The maximum absolute atomic E-state index is 14.0. The number of aromatic nitrogens is 1. The lowest BCUT2D eigenvalue weighted by atomic mass is 9.95. The number of nitrogens with zero attached hydrogens (tertiary/aromatic N) is 2. The molecule has 2 aromatic carbocycles. The summed E-state index contributed by atoms with van der Waals surface area (Å²) < 4.78 is 29.8. The molecule has 43 heavy (non-hydrogen) atoms. The van der Waals surface area contributed by atoms with Crippen molar-refractivity contribution in [2.45, 2.75) is 46.8 Å². The monoisotopic (exact) mass is 672 g/mol. The minimum absolute atomic E-state index is 0.0760. The van der Waals surface area contributed by atoms with Gasteiger partial charge in [-0.1, -0.05) is 23.5 Å². The zero-order valence-electron chi connectivity index (χ0n) is 24.8. The second-order valence-electron chi connectivity index (χ2n) is 9.66. The quantitative estimate of drug-likeness (QED) is 0.277. The molecule has 1 aromatic heterocycles. The van der Waals surface area contributed by atoms with Crippen LogP contribution in [0.5, 0.6) is 17.2 Å². The third-order valence-corrected chi connectivity index (χ3v) is 7.89. The number of thiazole rings is 1. The van der Waals surface area contributed by atoms with Gasteiger partial charge < -0.3 is 23.7 Å². The highest BCUT2D eigenvalue weighted by molar-refractivity contribution is 9.10. The van der Waals surface area contributed by atoms with Crippen LogP contribution in [0.1, 0.15) is 51.8 Å². The van der Waals surface area contributed by atoms with Gasteiger partial charge in [-0.15, -0.1) is 0 Å². The molecule has 228 valence electrons. The van der Waals surface area contributed by atoms with Crippen LogP contribution in [0.15, 0.2) is 61.9 Å². The van der Waals surface area contributed by atoms with Crippen LogP contribution in [0, 0.1) is 0 Å². The number of benzene rings is 2. The highest BCUT2D eigenvalue weighted by atomic mass is 79.9. The number of halogens is 1. The Hall–Kier alpha value is -3.90. The van der Waals surface area contributed by atoms with Gasteiger partial charge in [0.05, 0.1) is 52.7 Å². The molecule has 4 rings (SSSR count). The van der Waals surface area contributed by atoms with Crippen molar-refractivity contribution in [1.29, 1.82) is 0 Å². The first-order valence-electron chi connectivity index (χ1n) is 13.7. The van der Waals surface area contributed by atoms with Crippen molar-refractivity contribution in [2.24, 2.45) is 4.99 Å². The van der Waals surface area contributed by atoms with Crippen molar-refractivity contribution in [3.8, 4) is 17.2 Å². The number of hydrogen-bond donors (Lipinski definition) is 0. The lowest BCUT2D eigenvalue weighted by Gasteiger charge is -2.25. The van der Waals surface area contributed by atoms with Crippen LogP contribution >= 0.6 is 27.3 Å². The largest absolute Gasteiger partial charge is 0.493 e. The van der Waals surface area contributed by atoms with Crippen molar-refractivity contribution in [1.82, 2.24) is 4.57 Å². The van der Waals surface area contributed by atoms with Gasteiger partial charge in [0.2, 0.25) is 0 Å². The maximum Gasteiger partial charge on any atom is 0.344 e. The molecule has 0 saturated heterocycles. The molecule has 1 aliphatic rings. The van der Waals surface area contributed by atoms with Crippen molar-refractivity contribution in [3.63, 3.8) is 0 Å². The summed E-state index contributed by atoms with van der Waals surface area (Å²) in [5.41, 5.74) is 1.78. The molecule has 0 saturated carbocycles. The highest BCUT2D eigenvalue weighted by Crippen LogP contribution is 2.36. The second-order valence-corrected chi connectivity index (χ2v) is 11.5. The molecule has 0 aliphatic carbocycles. The van der Waals surface area contributed by atoms with Crippen LogP contribution in [-0.2, 0) is 19.1 Å². The van der Waals surface area contributed by atoms with Crippen LogP contribution in [0.2, 0.25) is 0 Å². The van der Waals surface area contributed by atoms with E-state index in [1.165, 1.54) is 23.0 Å². The average Bonchev–Trinajstić information content (AvgIpc) is 3.25. The van der Waals surface area contributed by atoms with Gasteiger partial charge in [-0.3, -0.25) is 9.36 Å². The van der Waals surface area contributed by atoms with E-state index < -0.39 is 18.0 Å². The van der Waals surface area contributed by atoms with Crippen LogP contribution < -0.4 is 29.1 Å². The number of allylic oxidation sites excluding steroid dienone is 1. The Morgan fingerprint density at radius 1 is 1.07 bits per heavy atom. The molecule has 12 heteroatoms. The number of rotatable bonds is 11. The third-order valence-electron chi connectivity index (χ3n) is 6.29. The Kier molecular flexibility index (Phi) is 10.5. The summed E-state index contributed by atoms with van der Waals surface area (Å²) in [6.07, 6.45) is 1.66. The first-order chi connectivity index (χ1) is 20.6. The number of hydrogen-bond acceptors (Lipinski definition) is 10. The number of esters is 2. The number of fused-ring (bicyclic) bond motifs is 1. The first kappa shape index (κ1) is 32.0. The second kappa shape index (κ2) is 14.0. The molecule has 0 spiro atoms. The lowest BCUT2D eigenvalue weighted by Crippen LogP contribution is -2.40. The van der Waals surface area contributed by atoms with Crippen LogP contribution in [0.3, 0.4) is 0 Å². The summed E-state index contributed by atoms with van der Waals surface area (Å²) in [5, 5.41) is 0. The maximum atomic E-state index is 14.0. The van der Waals surface area contributed by atoms with E-state index in [9.17, 15) is 14.4 Å². The average molecular weight is 674 g/mol. The summed E-state index contributed by atoms with van der Waals surface area (Å²) in [5.74, 6) is 0.465. The molecule has 0 unspecified atom stereocenters. The zero-order chi connectivity index (χ0) is 31.3. The van der Waals surface area contributed by atoms with E-state index in [0.29, 0.717) is 42.3 Å². The van der Waals surface area contributed by atoms with Gasteiger partial charge in [-0.05, 0) is 92.0 Å². The summed E-state index contributed by atoms with van der Waals surface area (Å²) in [6.45, 7) is 9.24. The van der Waals surface area contributed by atoms with Gasteiger partial charge in [0.15, 0.2) is 22.9 Å². The fourth-order valence-electron chi connectivity index (χ4n) is 4.53. The molecule has 0 bridgehead atoms. The predicted octanol–water partition coefficient (Wildman–Crippen LogP) is 4.30. The van der Waals surface area contributed by atoms with Gasteiger partial charge in [-0.2, -0.15) is 0 Å². The topological polar surface area (TPSA) is 115 Å². The Morgan fingerprint density at radius 2 is 1.79 bits per heavy atom. The minimum atomic E-state index is -0.801. The molecule has 0 amide bonds. The summed E-state index contributed by atoms with van der Waals surface area (Å²) in [7, 11) is 1.54. The molecular formula is C31H33BrN2O8S. The molecule has 1 aliphatic heterocycles. The van der Waals surface area contributed by atoms with Gasteiger partial charge in [0, 0.05) is 0 Å². The normalized spacial score (nSPS) is 14.7. The van der Waals surface area contributed by atoms with Crippen LogP contribution in [0.4, 0.5) is 0 Å². The van der Waals surface area contributed by atoms with Crippen molar-refractivity contribution in [3.05, 3.63) is 83.0 Å².